The summed E-state index contributed by atoms with van der Waals surface area (Å²) in [5.41, 5.74) is -0.147. The molecule has 0 aliphatic carbocycles. The summed E-state index contributed by atoms with van der Waals surface area (Å²) < 4.78 is 79.1. The number of hydrogen-bond acceptors (Lipinski definition) is 4. The van der Waals surface area contributed by atoms with Crippen molar-refractivity contribution in [3.63, 3.8) is 0 Å². The van der Waals surface area contributed by atoms with Gasteiger partial charge in [-0.25, -0.2) is 22.2 Å². The third-order valence-corrected chi connectivity index (χ3v) is 5.72. The minimum absolute atomic E-state index is 0.0458. The SMILES string of the molecule is CS(=O)(=O)NC(=O)c1cc(Cl)c(-n2nc(-c3ccc(C(F)(F)F)cc3)c3ccccc32)cc1F. The van der Waals surface area contributed by atoms with Crippen LogP contribution in [0.1, 0.15) is 15.9 Å². The number of aromatic nitrogens is 2. The fourth-order valence-electron chi connectivity index (χ4n) is 3.38. The summed E-state index contributed by atoms with van der Waals surface area (Å²) in [4.78, 5) is 12.1. The first-order valence-electron chi connectivity index (χ1n) is 9.52. The average Bonchev–Trinajstić information content (AvgIpc) is 3.13. The molecule has 0 radical (unpaired) electrons. The maximum Gasteiger partial charge on any atom is 0.416 e. The Hall–Kier alpha value is -3.44. The van der Waals surface area contributed by atoms with Gasteiger partial charge in [0.05, 0.1) is 33.6 Å². The summed E-state index contributed by atoms with van der Waals surface area (Å²) >= 11 is 6.30. The quantitative estimate of drug-likeness (QED) is 0.382. The number of benzene rings is 3. The van der Waals surface area contributed by atoms with Crippen LogP contribution in [-0.4, -0.2) is 30.4 Å². The number of rotatable bonds is 4. The molecule has 176 valence electrons. The molecule has 0 fully saturated rings. The zero-order valence-electron chi connectivity index (χ0n) is 17.2. The third kappa shape index (κ3) is 4.62. The molecule has 0 saturated heterocycles. The van der Waals surface area contributed by atoms with E-state index in [4.69, 9.17) is 11.6 Å². The average molecular weight is 512 g/mol. The molecule has 3 aromatic carbocycles. The van der Waals surface area contributed by atoms with E-state index < -0.39 is 39.1 Å². The highest BCUT2D eigenvalue weighted by Crippen LogP contribution is 2.35. The van der Waals surface area contributed by atoms with Crippen LogP contribution < -0.4 is 4.72 Å². The topological polar surface area (TPSA) is 81.1 Å². The maximum atomic E-state index is 14.8. The van der Waals surface area contributed by atoms with Gasteiger partial charge in [0.15, 0.2) is 0 Å². The van der Waals surface area contributed by atoms with Gasteiger partial charge < -0.3 is 0 Å². The molecule has 6 nitrogen and oxygen atoms in total. The van der Waals surface area contributed by atoms with Crippen LogP contribution in [0.3, 0.4) is 0 Å². The van der Waals surface area contributed by atoms with Crippen molar-refractivity contribution in [1.82, 2.24) is 14.5 Å². The van der Waals surface area contributed by atoms with Gasteiger partial charge in [0.2, 0.25) is 10.0 Å². The smallest absolute Gasteiger partial charge is 0.268 e. The van der Waals surface area contributed by atoms with Crippen molar-refractivity contribution < 1.29 is 30.8 Å². The predicted molar refractivity (Wildman–Crippen MR) is 119 cm³/mol. The first-order chi connectivity index (χ1) is 15.8. The Balaban J connectivity index is 1.84. The summed E-state index contributed by atoms with van der Waals surface area (Å²) in [6, 6.07) is 13.1. The lowest BCUT2D eigenvalue weighted by atomic mass is 10.1. The van der Waals surface area contributed by atoms with Crippen molar-refractivity contribution >= 4 is 38.4 Å². The highest BCUT2D eigenvalue weighted by atomic mass is 35.5. The van der Waals surface area contributed by atoms with Crippen LogP contribution in [0, 0.1) is 5.82 Å². The van der Waals surface area contributed by atoms with Crippen LogP contribution in [0.25, 0.3) is 27.8 Å². The summed E-state index contributed by atoms with van der Waals surface area (Å²) in [6.07, 6.45) is -3.74. The number of fused-ring (bicyclic) bond motifs is 1. The Morgan fingerprint density at radius 1 is 1.06 bits per heavy atom. The van der Waals surface area contributed by atoms with E-state index in [1.807, 2.05) is 0 Å². The van der Waals surface area contributed by atoms with E-state index in [-0.39, 0.29) is 10.7 Å². The molecule has 0 aliphatic rings. The second-order valence-corrected chi connectivity index (χ2v) is 9.50. The van der Waals surface area contributed by atoms with Crippen molar-refractivity contribution in [3.05, 3.63) is 82.6 Å². The number of halogens is 5. The van der Waals surface area contributed by atoms with Crippen molar-refractivity contribution in [2.75, 3.05) is 6.26 Å². The molecule has 0 atom stereocenters. The molecule has 12 heteroatoms. The summed E-state index contributed by atoms with van der Waals surface area (Å²) in [6.45, 7) is 0. The summed E-state index contributed by atoms with van der Waals surface area (Å²) in [7, 11) is -3.93. The molecule has 0 spiro atoms. The van der Waals surface area contributed by atoms with Crippen LogP contribution in [0.4, 0.5) is 17.6 Å². The Labute approximate surface area is 195 Å². The summed E-state index contributed by atoms with van der Waals surface area (Å²) in [5.74, 6) is -2.24. The molecule has 1 N–H and O–H groups in total. The molecular weight excluding hydrogens is 498 g/mol. The lowest BCUT2D eigenvalue weighted by molar-refractivity contribution is -0.137. The number of nitrogens with one attached hydrogen (secondary N) is 1. The lowest BCUT2D eigenvalue weighted by Gasteiger charge is -2.10. The van der Waals surface area contributed by atoms with Gasteiger partial charge in [0, 0.05) is 17.0 Å². The molecule has 0 aliphatic heterocycles. The highest BCUT2D eigenvalue weighted by Gasteiger charge is 2.30. The minimum Gasteiger partial charge on any atom is -0.268 e. The summed E-state index contributed by atoms with van der Waals surface area (Å²) in [5, 5.41) is 4.91. The molecule has 0 unspecified atom stereocenters. The molecule has 4 aromatic rings. The first-order valence-corrected chi connectivity index (χ1v) is 11.8. The number of sulfonamides is 1. The van der Waals surface area contributed by atoms with E-state index >= 15 is 0 Å². The molecular formula is C22H14ClF4N3O3S. The van der Waals surface area contributed by atoms with Crippen LogP contribution in [0.2, 0.25) is 5.02 Å². The molecule has 4 rings (SSSR count). The number of nitrogens with zero attached hydrogens (tertiary/aromatic N) is 2. The Morgan fingerprint density at radius 2 is 1.71 bits per heavy atom. The second-order valence-electron chi connectivity index (χ2n) is 7.34. The Bertz CT molecular complexity index is 1530. The van der Waals surface area contributed by atoms with Gasteiger partial charge in [-0.3, -0.25) is 4.79 Å². The number of alkyl halides is 3. The Kier molecular flexibility index (Phi) is 5.86. The maximum absolute atomic E-state index is 14.8. The normalized spacial score (nSPS) is 12.2. The van der Waals surface area contributed by atoms with Gasteiger partial charge in [-0.2, -0.15) is 18.3 Å². The van der Waals surface area contributed by atoms with Crippen LogP contribution in [0.5, 0.6) is 0 Å². The predicted octanol–water partition coefficient (Wildman–Crippen LogP) is 5.19. The van der Waals surface area contributed by atoms with Gasteiger partial charge >= 0.3 is 6.18 Å². The molecule has 1 aromatic heterocycles. The van der Waals surface area contributed by atoms with Gasteiger partial charge in [-0.15, -0.1) is 0 Å². The van der Waals surface area contributed by atoms with Crippen molar-refractivity contribution in [2.24, 2.45) is 0 Å². The molecule has 34 heavy (non-hydrogen) atoms. The van der Waals surface area contributed by atoms with E-state index in [2.05, 4.69) is 5.10 Å². The highest BCUT2D eigenvalue weighted by molar-refractivity contribution is 7.89. The standard InChI is InChI=1S/C22H14ClF4N3O3S/c1-34(32,33)29-21(31)15-10-16(23)19(11-17(15)24)30-18-5-3-2-4-14(18)20(28-30)12-6-8-13(9-7-12)22(25,26)27/h2-11H,1H3,(H,29,31). The van der Waals surface area contributed by atoms with Gasteiger partial charge in [-0.1, -0.05) is 41.9 Å². The zero-order chi connectivity index (χ0) is 24.8. The number of para-hydroxylation sites is 1. The second kappa shape index (κ2) is 8.41. The van der Waals surface area contributed by atoms with E-state index in [9.17, 15) is 30.8 Å². The zero-order valence-corrected chi connectivity index (χ0v) is 18.8. The Morgan fingerprint density at radius 3 is 2.32 bits per heavy atom. The molecule has 1 amide bonds. The largest absolute Gasteiger partial charge is 0.416 e. The number of carbonyl (C=O) groups excluding carboxylic acids is 1. The monoisotopic (exact) mass is 511 g/mol. The fraction of sp³-hybridized carbons (Fsp3) is 0.0909. The van der Waals surface area contributed by atoms with Crippen LogP contribution in [0.15, 0.2) is 60.7 Å². The number of carbonyl (C=O) groups is 1. The third-order valence-electron chi connectivity index (χ3n) is 4.86. The number of amides is 1. The van der Waals surface area contributed by atoms with E-state index in [1.54, 1.807) is 29.0 Å². The van der Waals surface area contributed by atoms with Gasteiger partial charge in [-0.05, 0) is 24.3 Å². The number of hydrogen-bond donors (Lipinski definition) is 1. The van der Waals surface area contributed by atoms with Crippen LogP contribution in [-0.2, 0) is 16.2 Å². The van der Waals surface area contributed by atoms with E-state index in [0.717, 1.165) is 30.5 Å². The fourth-order valence-corrected chi connectivity index (χ4v) is 4.07. The lowest BCUT2D eigenvalue weighted by Crippen LogP contribution is -2.30. The van der Waals surface area contributed by atoms with Gasteiger partial charge in [0.1, 0.15) is 11.5 Å². The van der Waals surface area contributed by atoms with Crippen molar-refractivity contribution in [2.45, 2.75) is 6.18 Å². The minimum atomic E-state index is -4.49. The van der Waals surface area contributed by atoms with Gasteiger partial charge in [0.25, 0.3) is 5.91 Å². The van der Waals surface area contributed by atoms with E-state index in [1.165, 1.54) is 16.8 Å². The van der Waals surface area contributed by atoms with E-state index in [0.29, 0.717) is 22.2 Å². The van der Waals surface area contributed by atoms with Crippen molar-refractivity contribution in [3.8, 4) is 16.9 Å². The van der Waals surface area contributed by atoms with Crippen molar-refractivity contribution in [1.29, 1.82) is 0 Å². The molecule has 0 bridgehead atoms. The first kappa shape index (κ1) is 23.7. The molecule has 0 saturated carbocycles. The van der Waals surface area contributed by atoms with Crippen LogP contribution >= 0.6 is 11.6 Å². The molecule has 1 heterocycles.